The van der Waals surface area contributed by atoms with Gasteiger partial charge in [0.25, 0.3) is 5.91 Å². The highest BCUT2D eigenvalue weighted by molar-refractivity contribution is 7.16. The van der Waals surface area contributed by atoms with Crippen LogP contribution in [0.25, 0.3) is 0 Å². The molecule has 0 saturated carbocycles. The SMILES string of the molecule is CC(C)(C)[C@H]1CCc2c(sc3c2C(=O)N[C@H](c2ccc(Cl)cc2)N3)C1. The molecule has 0 bridgehead atoms. The first-order chi connectivity index (χ1) is 11.8. The molecule has 4 rings (SSSR count). The molecule has 132 valence electrons. The van der Waals surface area contributed by atoms with Gasteiger partial charge in [-0.25, -0.2) is 0 Å². The van der Waals surface area contributed by atoms with Gasteiger partial charge < -0.3 is 10.6 Å². The lowest BCUT2D eigenvalue weighted by atomic mass is 9.72. The van der Waals surface area contributed by atoms with Crippen LogP contribution in [0.4, 0.5) is 5.00 Å². The van der Waals surface area contributed by atoms with E-state index in [1.165, 1.54) is 10.4 Å². The maximum Gasteiger partial charge on any atom is 0.256 e. The minimum atomic E-state index is -0.198. The summed E-state index contributed by atoms with van der Waals surface area (Å²) in [5.74, 6) is 0.718. The van der Waals surface area contributed by atoms with E-state index in [9.17, 15) is 4.79 Å². The number of benzene rings is 1. The number of rotatable bonds is 1. The summed E-state index contributed by atoms with van der Waals surface area (Å²) in [5.41, 5.74) is 3.46. The Morgan fingerprint density at radius 1 is 1.16 bits per heavy atom. The van der Waals surface area contributed by atoms with E-state index >= 15 is 0 Å². The zero-order valence-corrected chi connectivity index (χ0v) is 16.4. The van der Waals surface area contributed by atoms with E-state index in [4.69, 9.17) is 11.6 Å². The Morgan fingerprint density at radius 3 is 2.56 bits per heavy atom. The summed E-state index contributed by atoms with van der Waals surface area (Å²) >= 11 is 7.74. The molecule has 2 atom stereocenters. The fourth-order valence-electron chi connectivity index (χ4n) is 3.86. The molecule has 0 spiro atoms. The van der Waals surface area contributed by atoms with E-state index in [1.807, 2.05) is 24.3 Å². The number of hydrogen-bond donors (Lipinski definition) is 2. The van der Waals surface area contributed by atoms with Crippen LogP contribution in [0.15, 0.2) is 24.3 Å². The number of hydrogen-bond acceptors (Lipinski definition) is 3. The van der Waals surface area contributed by atoms with Gasteiger partial charge in [0.05, 0.1) is 5.56 Å². The van der Waals surface area contributed by atoms with Gasteiger partial charge in [0.15, 0.2) is 0 Å². The number of nitrogens with one attached hydrogen (secondary N) is 2. The van der Waals surface area contributed by atoms with Crippen molar-refractivity contribution in [2.24, 2.45) is 11.3 Å². The molecule has 1 aromatic carbocycles. The quantitative estimate of drug-likeness (QED) is 0.701. The Balaban J connectivity index is 1.64. The van der Waals surface area contributed by atoms with Gasteiger partial charge in [-0.15, -0.1) is 11.3 Å². The second-order valence-corrected chi connectivity index (χ2v) is 9.66. The van der Waals surface area contributed by atoms with Gasteiger partial charge in [0.2, 0.25) is 0 Å². The summed E-state index contributed by atoms with van der Waals surface area (Å²) in [7, 11) is 0. The minimum absolute atomic E-state index is 0.0420. The lowest BCUT2D eigenvalue weighted by Gasteiger charge is -2.34. The lowest BCUT2D eigenvalue weighted by Crippen LogP contribution is -2.38. The molecule has 0 fully saturated rings. The summed E-state index contributed by atoms with van der Waals surface area (Å²) in [6, 6.07) is 7.62. The maximum absolute atomic E-state index is 12.8. The molecule has 0 saturated heterocycles. The molecule has 0 unspecified atom stereocenters. The highest BCUT2D eigenvalue weighted by atomic mass is 35.5. The van der Waals surface area contributed by atoms with Crippen LogP contribution in [0.2, 0.25) is 5.02 Å². The normalized spacial score (nSPS) is 22.6. The molecule has 1 amide bonds. The molecule has 2 heterocycles. The molecular weight excluding hydrogens is 352 g/mol. The molecule has 2 N–H and O–H groups in total. The van der Waals surface area contributed by atoms with E-state index in [2.05, 4.69) is 31.4 Å². The fraction of sp³-hybridized carbons (Fsp3) is 0.450. The maximum atomic E-state index is 12.8. The summed E-state index contributed by atoms with van der Waals surface area (Å²) in [6.45, 7) is 6.95. The summed E-state index contributed by atoms with van der Waals surface area (Å²) in [4.78, 5) is 14.2. The van der Waals surface area contributed by atoms with Crippen molar-refractivity contribution < 1.29 is 4.79 Å². The van der Waals surface area contributed by atoms with E-state index in [0.29, 0.717) is 16.4 Å². The lowest BCUT2D eigenvalue weighted by molar-refractivity contribution is 0.0935. The summed E-state index contributed by atoms with van der Waals surface area (Å²) in [6.07, 6.45) is 3.05. The van der Waals surface area contributed by atoms with Crippen LogP contribution in [0, 0.1) is 11.3 Å². The third kappa shape index (κ3) is 3.06. The highest BCUT2D eigenvalue weighted by Crippen LogP contribution is 2.46. The monoisotopic (exact) mass is 374 g/mol. The first-order valence-electron chi connectivity index (χ1n) is 8.80. The molecule has 1 aromatic heterocycles. The van der Waals surface area contributed by atoms with Crippen molar-refractivity contribution in [1.29, 1.82) is 0 Å². The van der Waals surface area contributed by atoms with Gasteiger partial charge in [-0.1, -0.05) is 44.5 Å². The van der Waals surface area contributed by atoms with Crippen LogP contribution in [0.5, 0.6) is 0 Å². The van der Waals surface area contributed by atoms with Gasteiger partial charge in [-0.2, -0.15) is 0 Å². The number of fused-ring (bicyclic) bond motifs is 3. The second-order valence-electron chi connectivity index (χ2n) is 8.12. The Bertz CT molecular complexity index is 819. The van der Waals surface area contributed by atoms with Crippen LogP contribution in [0.3, 0.4) is 0 Å². The predicted octanol–water partition coefficient (Wildman–Crippen LogP) is 5.41. The number of anilines is 1. The Hall–Kier alpha value is -1.52. The van der Waals surface area contributed by atoms with E-state index < -0.39 is 0 Å². The van der Waals surface area contributed by atoms with Crippen molar-refractivity contribution in [3.63, 3.8) is 0 Å². The Morgan fingerprint density at radius 2 is 1.88 bits per heavy atom. The van der Waals surface area contributed by atoms with Crippen molar-refractivity contribution in [1.82, 2.24) is 5.32 Å². The summed E-state index contributed by atoms with van der Waals surface area (Å²) in [5, 5.41) is 8.33. The van der Waals surface area contributed by atoms with Crippen molar-refractivity contribution >= 4 is 33.8 Å². The van der Waals surface area contributed by atoms with Gasteiger partial charge in [-0.3, -0.25) is 4.79 Å². The number of amides is 1. The third-order valence-electron chi connectivity index (χ3n) is 5.47. The van der Waals surface area contributed by atoms with Crippen molar-refractivity contribution in [3.05, 3.63) is 50.9 Å². The van der Waals surface area contributed by atoms with Crippen LogP contribution in [-0.2, 0) is 12.8 Å². The first-order valence-corrected chi connectivity index (χ1v) is 10.00. The smallest absolute Gasteiger partial charge is 0.256 e. The highest BCUT2D eigenvalue weighted by Gasteiger charge is 2.36. The van der Waals surface area contributed by atoms with Crippen molar-refractivity contribution in [2.45, 2.75) is 46.2 Å². The van der Waals surface area contributed by atoms with Crippen LogP contribution in [-0.4, -0.2) is 5.91 Å². The van der Waals surface area contributed by atoms with Crippen LogP contribution >= 0.6 is 22.9 Å². The van der Waals surface area contributed by atoms with Gasteiger partial charge in [0.1, 0.15) is 11.2 Å². The molecule has 2 aliphatic rings. The molecule has 25 heavy (non-hydrogen) atoms. The number of halogens is 1. The van der Waals surface area contributed by atoms with Crippen LogP contribution < -0.4 is 10.6 Å². The third-order valence-corrected chi connectivity index (χ3v) is 6.91. The Labute approximate surface area is 157 Å². The average molecular weight is 375 g/mol. The topological polar surface area (TPSA) is 41.1 Å². The molecule has 3 nitrogen and oxygen atoms in total. The average Bonchev–Trinajstić information content (AvgIpc) is 2.92. The van der Waals surface area contributed by atoms with Gasteiger partial charge in [0, 0.05) is 9.90 Å². The zero-order valence-electron chi connectivity index (χ0n) is 14.8. The molecule has 5 heteroatoms. The standard InChI is InChI=1S/C20H23ClN2OS/c1-20(2,3)12-6-9-14-15(10-12)25-19-16(14)18(24)22-17(23-19)11-4-7-13(21)8-5-11/h4-5,7-8,12,17,23H,6,9-10H2,1-3H3,(H,22,24)/t12-,17-/m0/s1. The number of carbonyl (C=O) groups is 1. The number of carbonyl (C=O) groups excluding carboxylic acids is 1. The zero-order chi connectivity index (χ0) is 17.8. The molecule has 1 aliphatic heterocycles. The second kappa shape index (κ2) is 6.03. The van der Waals surface area contributed by atoms with Crippen molar-refractivity contribution in [3.8, 4) is 0 Å². The Kier molecular flexibility index (Phi) is 4.08. The van der Waals surface area contributed by atoms with E-state index in [0.717, 1.165) is 35.4 Å². The number of thiophene rings is 1. The largest absolute Gasteiger partial charge is 0.353 e. The molecule has 1 aliphatic carbocycles. The molecular formula is C20H23ClN2OS. The van der Waals surface area contributed by atoms with Crippen LogP contribution in [0.1, 0.15) is 59.7 Å². The first kappa shape index (κ1) is 16.9. The summed E-state index contributed by atoms with van der Waals surface area (Å²) < 4.78 is 0. The van der Waals surface area contributed by atoms with Gasteiger partial charge >= 0.3 is 0 Å². The van der Waals surface area contributed by atoms with E-state index in [-0.39, 0.29) is 12.1 Å². The predicted molar refractivity (Wildman–Crippen MR) is 105 cm³/mol. The molecule has 2 aromatic rings. The van der Waals surface area contributed by atoms with Gasteiger partial charge in [-0.05, 0) is 53.9 Å². The van der Waals surface area contributed by atoms with Crippen molar-refractivity contribution in [2.75, 3.05) is 5.32 Å². The molecule has 0 radical (unpaired) electrons. The minimum Gasteiger partial charge on any atom is -0.353 e. The van der Waals surface area contributed by atoms with E-state index in [1.54, 1.807) is 11.3 Å². The fourth-order valence-corrected chi connectivity index (χ4v) is 5.34.